The minimum Gasteiger partial charge on any atom is -0.225 e. The largest absolute Gasteiger partial charge is 0.238 e. The standard InChI is InChI=1S/C19H20N4O2S/c1-19(2)17(13-8-10-15(11-9-13)26(20,24)25)18(19)16-12-23(22-21-16)14-6-4-3-5-7-14/h3-12,17-18H,1-2H3,(H2,20,24,25)/t17-,18-/m1/s1. The van der Waals surface area contributed by atoms with E-state index >= 15 is 0 Å². The molecule has 134 valence electrons. The molecule has 0 saturated heterocycles. The maximum atomic E-state index is 11.4. The minimum atomic E-state index is -3.67. The monoisotopic (exact) mass is 368 g/mol. The van der Waals surface area contributed by atoms with E-state index in [1.807, 2.05) is 48.7 Å². The topological polar surface area (TPSA) is 90.9 Å². The van der Waals surface area contributed by atoms with Crippen LogP contribution in [0, 0.1) is 5.41 Å². The van der Waals surface area contributed by atoms with E-state index in [1.54, 1.807) is 16.8 Å². The summed E-state index contributed by atoms with van der Waals surface area (Å²) in [6.07, 6.45) is 1.97. The van der Waals surface area contributed by atoms with Gasteiger partial charge in [-0.2, -0.15) is 0 Å². The Morgan fingerprint density at radius 1 is 1.00 bits per heavy atom. The Kier molecular flexibility index (Phi) is 3.75. The first kappa shape index (κ1) is 16.9. The number of nitrogens with two attached hydrogens (primary N) is 1. The second-order valence-electron chi connectivity index (χ2n) is 7.31. The van der Waals surface area contributed by atoms with Crippen molar-refractivity contribution in [2.24, 2.45) is 10.6 Å². The van der Waals surface area contributed by atoms with Crippen molar-refractivity contribution in [3.63, 3.8) is 0 Å². The van der Waals surface area contributed by atoms with Gasteiger partial charge in [-0.25, -0.2) is 18.2 Å². The zero-order chi connectivity index (χ0) is 18.5. The number of rotatable bonds is 4. The van der Waals surface area contributed by atoms with Gasteiger partial charge >= 0.3 is 0 Å². The van der Waals surface area contributed by atoms with Gasteiger partial charge in [0.1, 0.15) is 0 Å². The summed E-state index contributed by atoms with van der Waals surface area (Å²) in [5, 5.41) is 13.8. The maximum absolute atomic E-state index is 11.4. The van der Waals surface area contributed by atoms with Gasteiger partial charge in [0, 0.05) is 5.92 Å². The molecule has 2 N–H and O–H groups in total. The molecule has 0 bridgehead atoms. The summed E-state index contributed by atoms with van der Waals surface area (Å²) in [4.78, 5) is 0.131. The van der Waals surface area contributed by atoms with Crippen molar-refractivity contribution < 1.29 is 8.42 Å². The molecule has 4 rings (SSSR count). The van der Waals surface area contributed by atoms with Crippen LogP contribution in [0.15, 0.2) is 65.7 Å². The fourth-order valence-electron chi connectivity index (χ4n) is 3.80. The SMILES string of the molecule is CC1(C)[C@H](c2ccc(S(N)(=O)=O)cc2)[C@H]1c1cn(-c2ccccc2)nn1. The number of hydrogen-bond donors (Lipinski definition) is 1. The summed E-state index contributed by atoms with van der Waals surface area (Å²) in [5.74, 6) is 0.498. The zero-order valence-corrected chi connectivity index (χ0v) is 15.4. The molecule has 1 aliphatic rings. The van der Waals surface area contributed by atoms with E-state index in [-0.39, 0.29) is 22.1 Å². The van der Waals surface area contributed by atoms with Gasteiger partial charge < -0.3 is 0 Å². The van der Waals surface area contributed by atoms with Crippen LogP contribution in [0.4, 0.5) is 0 Å². The summed E-state index contributed by atoms with van der Waals surface area (Å²) in [5.41, 5.74) is 3.03. The Bertz CT molecular complexity index is 1040. The summed E-state index contributed by atoms with van der Waals surface area (Å²) < 4.78 is 24.7. The molecule has 0 radical (unpaired) electrons. The fourth-order valence-corrected chi connectivity index (χ4v) is 4.32. The van der Waals surface area contributed by atoms with Gasteiger partial charge in [-0.05, 0) is 41.2 Å². The third-order valence-corrected chi connectivity index (χ3v) is 6.17. The van der Waals surface area contributed by atoms with Crippen LogP contribution in [0.1, 0.15) is 36.9 Å². The molecule has 0 spiro atoms. The Balaban J connectivity index is 1.62. The number of aromatic nitrogens is 3. The van der Waals surface area contributed by atoms with Gasteiger partial charge in [0.25, 0.3) is 0 Å². The van der Waals surface area contributed by atoms with Gasteiger partial charge in [-0.15, -0.1) is 5.10 Å². The Labute approximate surface area is 152 Å². The maximum Gasteiger partial charge on any atom is 0.238 e. The summed E-state index contributed by atoms with van der Waals surface area (Å²) in [7, 11) is -3.67. The number of para-hydroxylation sites is 1. The molecular formula is C19H20N4O2S. The van der Waals surface area contributed by atoms with Gasteiger partial charge in [-0.3, -0.25) is 0 Å². The van der Waals surface area contributed by atoms with Crippen molar-refractivity contribution >= 4 is 10.0 Å². The number of primary sulfonamides is 1. The highest BCUT2D eigenvalue weighted by atomic mass is 32.2. The summed E-state index contributed by atoms with van der Waals surface area (Å²) in [6, 6.07) is 16.7. The first-order valence-electron chi connectivity index (χ1n) is 8.39. The van der Waals surface area contributed by atoms with Crippen molar-refractivity contribution in [3.05, 3.63) is 72.1 Å². The highest BCUT2D eigenvalue weighted by Gasteiger charge is 2.60. The molecular weight excluding hydrogens is 348 g/mol. The predicted molar refractivity (Wildman–Crippen MR) is 98.4 cm³/mol. The Morgan fingerprint density at radius 2 is 1.65 bits per heavy atom. The molecule has 2 atom stereocenters. The zero-order valence-electron chi connectivity index (χ0n) is 14.6. The van der Waals surface area contributed by atoms with Crippen LogP contribution < -0.4 is 5.14 Å². The average molecular weight is 368 g/mol. The molecule has 1 heterocycles. The lowest BCUT2D eigenvalue weighted by Crippen LogP contribution is -2.11. The molecule has 0 unspecified atom stereocenters. The molecule has 0 amide bonds. The van der Waals surface area contributed by atoms with E-state index in [0.29, 0.717) is 0 Å². The van der Waals surface area contributed by atoms with Crippen LogP contribution in [0.2, 0.25) is 0 Å². The highest BCUT2D eigenvalue weighted by molar-refractivity contribution is 7.89. The van der Waals surface area contributed by atoms with Crippen LogP contribution in [-0.2, 0) is 10.0 Å². The second kappa shape index (κ2) is 5.75. The smallest absolute Gasteiger partial charge is 0.225 e. The first-order valence-corrected chi connectivity index (χ1v) is 9.93. The molecule has 0 aliphatic heterocycles. The number of nitrogens with zero attached hydrogens (tertiary/aromatic N) is 3. The van der Waals surface area contributed by atoms with E-state index in [1.165, 1.54) is 0 Å². The summed E-state index contributed by atoms with van der Waals surface area (Å²) >= 11 is 0. The van der Waals surface area contributed by atoms with Gasteiger partial charge in [0.2, 0.25) is 10.0 Å². The van der Waals surface area contributed by atoms with E-state index < -0.39 is 10.0 Å². The molecule has 1 aromatic heterocycles. The van der Waals surface area contributed by atoms with Gasteiger partial charge in [0.05, 0.1) is 22.5 Å². The van der Waals surface area contributed by atoms with Crippen molar-refractivity contribution in [3.8, 4) is 5.69 Å². The lowest BCUT2D eigenvalue weighted by Gasteiger charge is -2.04. The third kappa shape index (κ3) is 2.83. The number of hydrogen-bond acceptors (Lipinski definition) is 4. The van der Waals surface area contributed by atoms with E-state index in [9.17, 15) is 8.42 Å². The van der Waals surface area contributed by atoms with Crippen LogP contribution in [0.25, 0.3) is 5.69 Å². The van der Waals surface area contributed by atoms with Gasteiger partial charge in [0.15, 0.2) is 0 Å². The second-order valence-corrected chi connectivity index (χ2v) is 8.88. The van der Waals surface area contributed by atoms with Crippen LogP contribution in [-0.4, -0.2) is 23.4 Å². The molecule has 1 aliphatic carbocycles. The predicted octanol–water partition coefficient (Wildman–Crippen LogP) is 2.82. The lowest BCUT2D eigenvalue weighted by molar-refractivity contribution is 0.596. The van der Waals surface area contributed by atoms with Crippen molar-refractivity contribution in [2.75, 3.05) is 0 Å². The fraction of sp³-hybridized carbons (Fsp3) is 0.263. The van der Waals surface area contributed by atoms with Crippen molar-refractivity contribution in [1.29, 1.82) is 0 Å². The number of sulfonamides is 1. The Hall–Kier alpha value is -2.51. The average Bonchev–Trinajstić information content (AvgIpc) is 2.95. The van der Waals surface area contributed by atoms with E-state index in [2.05, 4.69) is 24.2 Å². The molecule has 7 heteroatoms. The lowest BCUT2D eigenvalue weighted by atomic mass is 10.0. The van der Waals surface area contributed by atoms with Crippen LogP contribution in [0.5, 0.6) is 0 Å². The highest BCUT2D eigenvalue weighted by Crippen LogP contribution is 2.69. The molecule has 1 fully saturated rings. The molecule has 1 saturated carbocycles. The third-order valence-electron chi connectivity index (χ3n) is 5.25. The molecule has 26 heavy (non-hydrogen) atoms. The van der Waals surface area contributed by atoms with E-state index in [4.69, 9.17) is 5.14 Å². The first-order chi connectivity index (χ1) is 12.3. The molecule has 6 nitrogen and oxygen atoms in total. The van der Waals surface area contributed by atoms with Crippen LogP contribution >= 0.6 is 0 Å². The van der Waals surface area contributed by atoms with Gasteiger partial charge in [-0.1, -0.05) is 49.4 Å². The molecule has 3 aromatic rings. The van der Waals surface area contributed by atoms with Crippen LogP contribution in [0.3, 0.4) is 0 Å². The normalized spacial score (nSPS) is 21.5. The number of benzene rings is 2. The van der Waals surface area contributed by atoms with Crippen molar-refractivity contribution in [2.45, 2.75) is 30.6 Å². The Morgan fingerprint density at radius 3 is 2.27 bits per heavy atom. The van der Waals surface area contributed by atoms with Crippen molar-refractivity contribution in [1.82, 2.24) is 15.0 Å². The molecule has 2 aromatic carbocycles. The summed E-state index contributed by atoms with van der Waals surface area (Å²) in [6.45, 7) is 4.38. The quantitative estimate of drug-likeness (QED) is 0.766. The van der Waals surface area contributed by atoms with E-state index in [0.717, 1.165) is 16.9 Å². The minimum absolute atomic E-state index is 0.0284.